The second kappa shape index (κ2) is 50.5. The molecule has 10 atom stereocenters. The van der Waals surface area contributed by atoms with Crippen LogP contribution in [0.1, 0.15) is 366 Å². The van der Waals surface area contributed by atoms with Gasteiger partial charge >= 0.3 is 0 Å². The monoisotopic (exact) mass is 2050 g/mol. The van der Waals surface area contributed by atoms with Crippen LogP contribution in [0.15, 0.2) is 85.7 Å². The molecule has 13 heterocycles. The first-order chi connectivity index (χ1) is 67.7. The molecule has 9 fully saturated rings. The minimum atomic E-state index is -3.00. The van der Waals surface area contributed by atoms with Crippen LogP contribution in [0, 0.1) is 195 Å². The lowest BCUT2D eigenvalue weighted by atomic mass is 9.62. The van der Waals surface area contributed by atoms with Gasteiger partial charge in [-0.2, -0.15) is 10.4 Å². The van der Waals surface area contributed by atoms with Crippen LogP contribution in [0.3, 0.4) is 0 Å². The molecule has 8 saturated heterocycles. The van der Waals surface area contributed by atoms with Gasteiger partial charge in [0.25, 0.3) is 0 Å². The van der Waals surface area contributed by atoms with Crippen LogP contribution < -0.4 is 29.4 Å². The van der Waals surface area contributed by atoms with Crippen LogP contribution in [0.5, 0.6) is 0 Å². The minimum Gasteiger partial charge on any atom is -0.371 e. The summed E-state index contributed by atoms with van der Waals surface area (Å²) < 4.78 is 24.7. The summed E-state index contributed by atoms with van der Waals surface area (Å²) in [4.78, 5) is 60.2. The molecule has 1 aliphatic carbocycles. The standard InChI is InChI=1S/C18H29N.C17H28N2.C16H24N4.C16H27N3.C16H29NO.2C15H25N3.C12H25NO2S/c1-14-7-9-15(10-8-14)19-12-11-16(17(2,3)4)18(5,6)13-19;1-13-7-8-15(18-11-13)19-10-9-14(16(2,3)4)17(5,6)12-19;1-11(2)14-6-7-20(10-16(14,4)5)15-18-9-13(8-17)12(3)19-15;1-12-9-18-14(10-17-12)19-8-7-13(15(2,3)4)16(5,6)11-19;1-6-12-11-17(14(18)16(5)8-9-16)10-7-13(12)15(2,3)4;1-11(2)13-6-7-18(10-15(13,4)5)14-16-8-12(3)9-17-14;1-11(2)13-8-9-18(10-15(13,4)5)14-7-6-12(3)16-17-14;1-6-10-9-13(16(5,14)15)8-7-11(10)12(2,3)4/h7-10,16H,11-13H2,1-6H3;7-8,11,14H,9-10,12H2,1-6H3;9,11,14H,6-7,10H2,1-5H3;9-10,13H,7-8,11H2,1-6H3;12-13H,6-11H2,1-5H3;8-9,11,13H,6-7,10H2,1-5H3;6-7,11,13H,8-10H2,1-5H3;10-11H,6-9H2,1-5H3. The third-order valence-electron chi connectivity index (χ3n) is 35.4. The molecule has 21 nitrogen and oxygen atoms in total. The van der Waals surface area contributed by atoms with Gasteiger partial charge in [0, 0.05) is 134 Å². The Labute approximate surface area is 899 Å². The Morgan fingerprint density at radius 2 is 0.769 bits per heavy atom. The first kappa shape index (κ1) is 125. The van der Waals surface area contributed by atoms with Gasteiger partial charge in [0.15, 0.2) is 5.82 Å². The third kappa shape index (κ3) is 35.2. The van der Waals surface area contributed by atoms with Crippen molar-refractivity contribution in [3.8, 4) is 6.07 Å². The van der Waals surface area contributed by atoms with E-state index in [4.69, 9.17) is 5.26 Å². The summed E-state index contributed by atoms with van der Waals surface area (Å²) in [5.74, 6) is 14.7. The largest absolute Gasteiger partial charge is 0.371 e. The minimum absolute atomic E-state index is 0.00681. The highest BCUT2D eigenvalue weighted by atomic mass is 32.2. The molecule has 147 heavy (non-hydrogen) atoms. The lowest BCUT2D eigenvalue weighted by Gasteiger charge is -2.50. The molecule has 15 rings (SSSR count). The Kier molecular flexibility index (Phi) is 42.8. The Morgan fingerprint density at radius 3 is 1.15 bits per heavy atom. The zero-order valence-electron chi connectivity index (χ0n) is 102. The van der Waals surface area contributed by atoms with Crippen molar-refractivity contribution in [3.63, 3.8) is 0 Å². The van der Waals surface area contributed by atoms with E-state index in [-0.39, 0.29) is 16.2 Å². The molecular weight excluding hydrogens is 1830 g/mol. The van der Waals surface area contributed by atoms with E-state index in [1.165, 1.54) is 81.0 Å². The van der Waals surface area contributed by atoms with Crippen LogP contribution in [0.2, 0.25) is 0 Å². The molecule has 1 amide bonds. The van der Waals surface area contributed by atoms with Crippen molar-refractivity contribution in [3.05, 3.63) is 125 Å². The Morgan fingerprint density at radius 1 is 0.388 bits per heavy atom. The Bertz CT molecular complexity index is 4910. The summed E-state index contributed by atoms with van der Waals surface area (Å²) >= 11 is 0. The van der Waals surface area contributed by atoms with E-state index in [9.17, 15) is 13.2 Å². The van der Waals surface area contributed by atoms with Crippen molar-refractivity contribution in [2.24, 2.45) is 142 Å². The quantitative estimate of drug-likeness (QED) is 0.105. The summed E-state index contributed by atoms with van der Waals surface area (Å²) in [5.41, 5.74) is 12.1. The molecule has 0 N–H and O–H groups in total. The van der Waals surface area contributed by atoms with Crippen molar-refractivity contribution >= 4 is 51.0 Å². The van der Waals surface area contributed by atoms with Crippen LogP contribution in [-0.4, -0.2) is 180 Å². The van der Waals surface area contributed by atoms with Crippen molar-refractivity contribution in [2.75, 3.05) is 140 Å². The van der Waals surface area contributed by atoms with Crippen LogP contribution in [0.25, 0.3) is 0 Å². The van der Waals surface area contributed by atoms with Gasteiger partial charge < -0.3 is 34.3 Å². The maximum atomic E-state index is 12.4. The number of hydrogen-bond donors (Lipinski definition) is 0. The third-order valence-corrected chi connectivity index (χ3v) is 36.7. The number of likely N-dealkylation sites (tertiary alicyclic amines) is 1. The predicted octanol–water partition coefficient (Wildman–Crippen LogP) is 28.7. The highest BCUT2D eigenvalue weighted by Crippen LogP contribution is 2.53. The number of rotatable bonds is 13. The fourth-order valence-corrected chi connectivity index (χ4v) is 28.9. The van der Waals surface area contributed by atoms with Gasteiger partial charge in [-0.05, 0) is 284 Å². The highest BCUT2D eigenvalue weighted by molar-refractivity contribution is 7.88. The number of anilines is 6. The molecule has 9 aliphatic rings. The zero-order valence-corrected chi connectivity index (χ0v) is 102. The SMILES string of the molecule is CCC1CN(C(=O)C2(C)CC2)CCC1C(C)(C)C.CCC1CN(S(C)(=O)=O)CCC1C(C)(C)C.Cc1ccc(N2CCC(C(C)(C)C)C(C)(C)C2)cc1.Cc1ccc(N2CCC(C(C)(C)C)C(C)(C)C2)nc1.Cc1ccc(N2CCC(C(C)C)C(C)(C)C2)nn1.Cc1cnc(N2CCC(C(C)(C)C)C(C)(C)C2)cn1.Cc1cnc(N2CCC(C(C)C)C(C)(C)C2)nc1.Cc1nc(N2CCC(C(C)C)C(C)(C)C2)ncc1C#N. The first-order valence-corrected chi connectivity index (χ1v) is 58.9. The van der Waals surface area contributed by atoms with Gasteiger partial charge in [-0.15, -0.1) is 5.10 Å². The number of benzene rings is 1. The normalized spacial score (nSPS) is 24.8. The van der Waals surface area contributed by atoms with Crippen molar-refractivity contribution in [1.82, 2.24) is 54.3 Å². The number of carbonyl (C=O) groups excluding carboxylic acids is 1. The van der Waals surface area contributed by atoms with Crippen LogP contribution >= 0.6 is 0 Å². The number of aryl methyl sites for hydroxylation is 6. The van der Waals surface area contributed by atoms with E-state index in [1.807, 2.05) is 64.7 Å². The van der Waals surface area contributed by atoms with Gasteiger partial charge in [-0.1, -0.05) is 286 Å². The fourth-order valence-electron chi connectivity index (χ4n) is 28.0. The van der Waals surface area contributed by atoms with E-state index < -0.39 is 10.0 Å². The van der Waals surface area contributed by atoms with Crippen molar-refractivity contribution < 1.29 is 13.2 Å². The number of nitrogens with zero attached hydrogens (tertiary/aromatic N) is 18. The molecule has 22 heteroatoms. The van der Waals surface area contributed by atoms with Crippen LogP contribution in [0.4, 0.5) is 35.0 Å². The predicted molar refractivity (Wildman–Crippen MR) is 622 cm³/mol. The average Bonchev–Trinajstić information content (AvgIpc) is 1.68. The fraction of sp³-hybridized carbons (Fsp3) is 0.768. The molecule has 5 aromatic heterocycles. The zero-order chi connectivity index (χ0) is 110. The van der Waals surface area contributed by atoms with Gasteiger partial charge in [0.2, 0.25) is 27.8 Å². The van der Waals surface area contributed by atoms with Gasteiger partial charge in [0.1, 0.15) is 17.7 Å². The molecule has 0 bridgehead atoms. The Balaban J connectivity index is 0.000000205. The maximum absolute atomic E-state index is 12.4. The van der Waals surface area contributed by atoms with E-state index in [2.05, 4.69) is 391 Å². The van der Waals surface area contributed by atoms with E-state index in [0.29, 0.717) is 97.0 Å². The Hall–Kier alpha value is -7.64. The molecular formula is C125H212N18O3S. The number of aromatic nitrogens is 9. The maximum Gasteiger partial charge on any atom is 0.228 e. The van der Waals surface area contributed by atoms with Gasteiger partial charge in [-0.25, -0.2) is 42.6 Å². The number of pyridine rings is 1. The van der Waals surface area contributed by atoms with Crippen molar-refractivity contribution in [2.45, 2.75) is 368 Å². The highest BCUT2D eigenvalue weighted by Gasteiger charge is 2.51. The lowest BCUT2D eigenvalue weighted by Crippen LogP contribution is -2.50. The molecule has 10 unspecified atom stereocenters. The summed E-state index contributed by atoms with van der Waals surface area (Å²) in [6, 6.07) is 19.5. The number of carbonyl (C=O) groups is 1. The van der Waals surface area contributed by atoms with Crippen molar-refractivity contribution in [1.29, 1.82) is 5.26 Å². The molecule has 826 valence electrons. The number of amides is 1. The summed E-state index contributed by atoms with van der Waals surface area (Å²) in [5, 5.41) is 17.4. The molecule has 0 radical (unpaired) electrons. The van der Waals surface area contributed by atoms with Crippen LogP contribution in [-0.2, 0) is 14.8 Å². The van der Waals surface area contributed by atoms with E-state index in [0.717, 1.165) is 216 Å². The van der Waals surface area contributed by atoms with Gasteiger partial charge in [0.05, 0.1) is 47.5 Å². The summed E-state index contributed by atoms with van der Waals surface area (Å²) in [6.45, 7) is 113. The molecule has 1 aromatic carbocycles. The number of sulfonamides is 1. The number of piperidine rings is 8. The summed E-state index contributed by atoms with van der Waals surface area (Å²) in [6.07, 6.45) is 26.6. The lowest BCUT2D eigenvalue weighted by molar-refractivity contribution is -0.140. The smallest absolute Gasteiger partial charge is 0.228 e. The molecule has 1 saturated carbocycles. The molecule has 6 aromatic rings. The van der Waals surface area contributed by atoms with Gasteiger partial charge in [-0.3, -0.25) is 9.78 Å². The second-order valence-corrected chi connectivity index (χ2v) is 59.2. The number of nitriles is 1. The average molecular weight is 2050 g/mol. The first-order valence-electron chi connectivity index (χ1n) is 57.0. The second-order valence-electron chi connectivity index (χ2n) is 57.2. The molecule has 0 spiro atoms. The number of hydrogen-bond acceptors (Lipinski definition) is 19. The topological polar surface area (TPSA) is 217 Å². The summed E-state index contributed by atoms with van der Waals surface area (Å²) in [7, 11) is -3.00. The van der Waals surface area contributed by atoms with E-state index in [1.54, 1.807) is 10.5 Å². The molecule has 8 aliphatic heterocycles. The van der Waals surface area contributed by atoms with E-state index >= 15 is 0 Å².